The number of nitrogens with zero attached hydrogens (tertiary/aromatic N) is 2. The zero-order chi connectivity index (χ0) is 14.1. The van der Waals surface area contributed by atoms with Gasteiger partial charge in [-0.25, -0.2) is 0 Å². The topological polar surface area (TPSA) is 46.9 Å². The predicted octanol–water partition coefficient (Wildman–Crippen LogP) is 2.67. The summed E-state index contributed by atoms with van der Waals surface area (Å²) in [5.41, 5.74) is 3.38. The van der Waals surface area contributed by atoms with Crippen LogP contribution in [-0.2, 0) is 11.8 Å². The molecular formula is C16H19N3O. The number of amides is 1. The lowest BCUT2D eigenvalue weighted by Gasteiger charge is -2.14. The minimum Gasteiger partial charge on any atom is -0.349 e. The molecule has 0 radical (unpaired) electrons. The van der Waals surface area contributed by atoms with Gasteiger partial charge in [-0.1, -0.05) is 24.3 Å². The maximum atomic E-state index is 11.8. The van der Waals surface area contributed by atoms with E-state index in [1.54, 1.807) is 4.68 Å². The molecule has 1 saturated carbocycles. The van der Waals surface area contributed by atoms with Gasteiger partial charge in [-0.3, -0.25) is 9.48 Å². The monoisotopic (exact) mass is 269 g/mol. The number of hydrogen-bond acceptors (Lipinski definition) is 2. The molecule has 0 aliphatic heterocycles. The van der Waals surface area contributed by atoms with Crippen molar-refractivity contribution in [3.8, 4) is 11.1 Å². The first-order chi connectivity index (χ1) is 9.63. The number of benzene rings is 1. The lowest BCUT2D eigenvalue weighted by atomic mass is 10.0. The van der Waals surface area contributed by atoms with Crippen LogP contribution in [0.3, 0.4) is 0 Å². The average Bonchev–Trinajstić information content (AvgIpc) is 3.21. The molecular weight excluding hydrogens is 250 g/mol. The van der Waals surface area contributed by atoms with Crippen molar-refractivity contribution < 1.29 is 4.79 Å². The predicted molar refractivity (Wildman–Crippen MR) is 77.9 cm³/mol. The Hall–Kier alpha value is -2.10. The van der Waals surface area contributed by atoms with Gasteiger partial charge in [-0.15, -0.1) is 0 Å². The van der Waals surface area contributed by atoms with E-state index in [0.29, 0.717) is 0 Å². The van der Waals surface area contributed by atoms with Gasteiger partial charge in [0, 0.05) is 24.7 Å². The first-order valence-corrected chi connectivity index (χ1v) is 7.03. The normalized spacial score (nSPS) is 15.9. The largest absolute Gasteiger partial charge is 0.349 e. The SMILES string of the molecule is C[C@H](NC(=O)C1CC1)c1ccc(-c2cnn(C)c2)cc1. The summed E-state index contributed by atoms with van der Waals surface area (Å²) < 4.78 is 1.79. The molecule has 4 heteroatoms. The van der Waals surface area contributed by atoms with Crippen LogP contribution in [0.5, 0.6) is 0 Å². The van der Waals surface area contributed by atoms with Crippen molar-refractivity contribution in [3.05, 3.63) is 42.2 Å². The highest BCUT2D eigenvalue weighted by Gasteiger charge is 2.30. The van der Waals surface area contributed by atoms with E-state index in [0.717, 1.165) is 29.5 Å². The number of hydrogen-bond donors (Lipinski definition) is 1. The molecule has 20 heavy (non-hydrogen) atoms. The molecule has 4 nitrogen and oxygen atoms in total. The molecule has 104 valence electrons. The number of nitrogens with one attached hydrogen (secondary N) is 1. The van der Waals surface area contributed by atoms with Crippen LogP contribution in [0.1, 0.15) is 31.4 Å². The van der Waals surface area contributed by atoms with Crippen LogP contribution in [0.4, 0.5) is 0 Å². The third kappa shape index (κ3) is 2.74. The molecule has 1 aliphatic carbocycles. The van der Waals surface area contributed by atoms with E-state index in [1.165, 1.54) is 0 Å². The molecule has 1 heterocycles. The second-order valence-electron chi connectivity index (χ2n) is 5.53. The fourth-order valence-electron chi connectivity index (χ4n) is 2.29. The number of aromatic nitrogens is 2. The Kier molecular flexibility index (Phi) is 3.30. The van der Waals surface area contributed by atoms with Crippen molar-refractivity contribution in [3.63, 3.8) is 0 Å². The molecule has 3 rings (SSSR count). The minimum absolute atomic E-state index is 0.0612. The quantitative estimate of drug-likeness (QED) is 0.927. The Morgan fingerprint density at radius 2 is 2.00 bits per heavy atom. The van der Waals surface area contributed by atoms with E-state index >= 15 is 0 Å². The Morgan fingerprint density at radius 1 is 1.30 bits per heavy atom. The summed E-state index contributed by atoms with van der Waals surface area (Å²) >= 11 is 0. The molecule has 1 fully saturated rings. The van der Waals surface area contributed by atoms with Gasteiger partial charge in [-0.2, -0.15) is 5.10 Å². The molecule has 0 spiro atoms. The maximum absolute atomic E-state index is 11.8. The summed E-state index contributed by atoms with van der Waals surface area (Å²) in [6.45, 7) is 2.03. The van der Waals surface area contributed by atoms with Crippen LogP contribution in [-0.4, -0.2) is 15.7 Å². The number of carbonyl (C=O) groups is 1. The average molecular weight is 269 g/mol. The van der Waals surface area contributed by atoms with E-state index in [2.05, 4.69) is 34.7 Å². The van der Waals surface area contributed by atoms with E-state index in [9.17, 15) is 4.79 Å². The highest BCUT2D eigenvalue weighted by Crippen LogP contribution is 2.30. The number of carbonyl (C=O) groups excluding carboxylic acids is 1. The lowest BCUT2D eigenvalue weighted by Crippen LogP contribution is -2.27. The van der Waals surface area contributed by atoms with Gasteiger partial charge in [0.05, 0.1) is 12.2 Å². The van der Waals surface area contributed by atoms with Crippen LogP contribution in [0.2, 0.25) is 0 Å². The molecule has 1 amide bonds. The summed E-state index contributed by atoms with van der Waals surface area (Å²) in [5.74, 6) is 0.445. The van der Waals surface area contributed by atoms with E-state index in [-0.39, 0.29) is 17.9 Å². The molecule has 0 unspecified atom stereocenters. The standard InChI is InChI=1S/C16H19N3O/c1-11(18-16(20)14-7-8-14)12-3-5-13(6-4-12)15-9-17-19(2)10-15/h3-6,9-11,14H,7-8H2,1-2H3,(H,18,20)/t11-/m0/s1. The fraction of sp³-hybridized carbons (Fsp3) is 0.375. The van der Waals surface area contributed by atoms with Crippen molar-refractivity contribution in [2.75, 3.05) is 0 Å². The van der Waals surface area contributed by atoms with Crippen molar-refractivity contribution in [1.82, 2.24) is 15.1 Å². The molecule has 2 aromatic rings. The zero-order valence-electron chi connectivity index (χ0n) is 11.8. The van der Waals surface area contributed by atoms with Gasteiger partial charge in [0.15, 0.2) is 0 Å². The van der Waals surface area contributed by atoms with E-state index in [1.807, 2.05) is 26.4 Å². The first-order valence-electron chi connectivity index (χ1n) is 7.03. The first kappa shape index (κ1) is 12.9. The van der Waals surface area contributed by atoms with Crippen molar-refractivity contribution in [1.29, 1.82) is 0 Å². The number of rotatable bonds is 4. The highest BCUT2D eigenvalue weighted by molar-refractivity contribution is 5.81. The third-order valence-electron chi connectivity index (χ3n) is 3.76. The van der Waals surface area contributed by atoms with Crippen LogP contribution < -0.4 is 5.32 Å². The summed E-state index contributed by atoms with van der Waals surface area (Å²) in [6, 6.07) is 8.35. The molecule has 1 atom stereocenters. The summed E-state index contributed by atoms with van der Waals surface area (Å²) in [5, 5.41) is 7.24. The molecule has 1 aromatic heterocycles. The van der Waals surface area contributed by atoms with Crippen LogP contribution >= 0.6 is 0 Å². The molecule has 1 N–H and O–H groups in total. The lowest BCUT2D eigenvalue weighted by molar-refractivity contribution is -0.122. The van der Waals surface area contributed by atoms with Crippen molar-refractivity contribution in [2.45, 2.75) is 25.8 Å². The van der Waals surface area contributed by atoms with Crippen LogP contribution in [0.25, 0.3) is 11.1 Å². The summed E-state index contributed by atoms with van der Waals surface area (Å²) in [7, 11) is 1.91. The third-order valence-corrected chi connectivity index (χ3v) is 3.76. The van der Waals surface area contributed by atoms with Crippen LogP contribution in [0.15, 0.2) is 36.7 Å². The van der Waals surface area contributed by atoms with Gasteiger partial charge >= 0.3 is 0 Å². The second-order valence-corrected chi connectivity index (χ2v) is 5.53. The molecule has 1 aliphatic rings. The smallest absolute Gasteiger partial charge is 0.223 e. The van der Waals surface area contributed by atoms with Gasteiger partial charge in [0.2, 0.25) is 5.91 Å². The van der Waals surface area contributed by atoms with Gasteiger partial charge in [0.1, 0.15) is 0 Å². The Labute approximate surface area is 118 Å². The van der Waals surface area contributed by atoms with Gasteiger partial charge in [0.25, 0.3) is 0 Å². The van der Waals surface area contributed by atoms with Crippen molar-refractivity contribution >= 4 is 5.91 Å². The maximum Gasteiger partial charge on any atom is 0.223 e. The van der Waals surface area contributed by atoms with E-state index < -0.39 is 0 Å². The van der Waals surface area contributed by atoms with E-state index in [4.69, 9.17) is 0 Å². The summed E-state index contributed by atoms with van der Waals surface area (Å²) in [6.07, 6.45) is 5.93. The number of aryl methyl sites for hydroxylation is 1. The van der Waals surface area contributed by atoms with Gasteiger partial charge < -0.3 is 5.32 Å². The van der Waals surface area contributed by atoms with Crippen molar-refractivity contribution in [2.24, 2.45) is 13.0 Å². The molecule has 0 saturated heterocycles. The Balaban J connectivity index is 1.70. The van der Waals surface area contributed by atoms with Crippen LogP contribution in [0, 0.1) is 5.92 Å². The molecule has 1 aromatic carbocycles. The zero-order valence-corrected chi connectivity index (χ0v) is 11.8. The molecule has 0 bridgehead atoms. The highest BCUT2D eigenvalue weighted by atomic mass is 16.2. The fourth-order valence-corrected chi connectivity index (χ4v) is 2.29. The Morgan fingerprint density at radius 3 is 2.55 bits per heavy atom. The second kappa shape index (κ2) is 5.12. The minimum atomic E-state index is 0.0612. The summed E-state index contributed by atoms with van der Waals surface area (Å²) in [4.78, 5) is 11.8. The van der Waals surface area contributed by atoms with Gasteiger partial charge in [-0.05, 0) is 30.9 Å². The Bertz CT molecular complexity index is 611.